The van der Waals surface area contributed by atoms with E-state index in [1.54, 1.807) is 20.8 Å². The first-order valence-electron chi connectivity index (χ1n) is 6.65. The summed E-state index contributed by atoms with van der Waals surface area (Å²) < 4.78 is 29.9. The number of aliphatic hydroxyl groups excluding tert-OH is 1. The number of nitrogens with one attached hydrogen (secondary N) is 1. The van der Waals surface area contributed by atoms with Gasteiger partial charge in [-0.05, 0) is 52.4 Å². The minimum atomic E-state index is -2.69. The molecule has 1 fully saturated rings. The second kappa shape index (κ2) is 6.50. The molecule has 4 nitrogen and oxygen atoms in total. The number of alkyl carbamates (subject to hydrolysis) is 1. The van der Waals surface area contributed by atoms with Crippen molar-refractivity contribution in [1.29, 1.82) is 0 Å². The molecule has 1 aliphatic rings. The standard InChI is InChI=1S/C13H23F2NO3/c1-13(2,3)19-12(18)16-9-6-4-8(5-7-9)10(17)11(14)15/h8-11,17H,4-7H2,1-3H3,(H,16,18). The number of amides is 1. The predicted molar refractivity (Wildman–Crippen MR) is 67.1 cm³/mol. The van der Waals surface area contributed by atoms with Crippen molar-refractivity contribution in [1.82, 2.24) is 5.32 Å². The fourth-order valence-corrected chi connectivity index (χ4v) is 2.29. The lowest BCUT2D eigenvalue weighted by molar-refractivity contribution is -0.0491. The number of hydrogen-bond donors (Lipinski definition) is 2. The molecule has 1 saturated carbocycles. The van der Waals surface area contributed by atoms with E-state index in [1.165, 1.54) is 0 Å². The number of carbonyl (C=O) groups is 1. The van der Waals surface area contributed by atoms with Crippen molar-refractivity contribution in [2.24, 2.45) is 5.92 Å². The highest BCUT2D eigenvalue weighted by Crippen LogP contribution is 2.29. The van der Waals surface area contributed by atoms with E-state index in [2.05, 4.69) is 5.32 Å². The van der Waals surface area contributed by atoms with Crippen LogP contribution in [0.3, 0.4) is 0 Å². The van der Waals surface area contributed by atoms with Gasteiger partial charge in [-0.2, -0.15) is 0 Å². The lowest BCUT2D eigenvalue weighted by Crippen LogP contribution is -2.42. The number of aliphatic hydroxyl groups is 1. The van der Waals surface area contributed by atoms with Crippen molar-refractivity contribution < 1.29 is 23.4 Å². The van der Waals surface area contributed by atoms with Gasteiger partial charge in [-0.15, -0.1) is 0 Å². The van der Waals surface area contributed by atoms with Gasteiger partial charge in [0.05, 0.1) is 0 Å². The lowest BCUT2D eigenvalue weighted by atomic mass is 9.83. The smallest absolute Gasteiger partial charge is 0.407 e. The van der Waals surface area contributed by atoms with Crippen LogP contribution in [0.4, 0.5) is 13.6 Å². The van der Waals surface area contributed by atoms with Gasteiger partial charge in [0.1, 0.15) is 11.7 Å². The van der Waals surface area contributed by atoms with Crippen molar-refractivity contribution in [2.45, 2.75) is 70.6 Å². The number of ether oxygens (including phenoxy) is 1. The SMILES string of the molecule is CC(C)(C)OC(=O)NC1CCC(C(O)C(F)F)CC1. The molecule has 0 bridgehead atoms. The van der Waals surface area contributed by atoms with Crippen molar-refractivity contribution in [2.75, 3.05) is 0 Å². The summed E-state index contributed by atoms with van der Waals surface area (Å²) in [5.74, 6) is -0.378. The van der Waals surface area contributed by atoms with Crippen LogP contribution in [0.15, 0.2) is 0 Å². The van der Waals surface area contributed by atoms with E-state index in [0.717, 1.165) is 0 Å². The molecule has 0 saturated heterocycles. The van der Waals surface area contributed by atoms with Crippen molar-refractivity contribution >= 4 is 6.09 Å². The fourth-order valence-electron chi connectivity index (χ4n) is 2.29. The van der Waals surface area contributed by atoms with E-state index in [0.29, 0.717) is 25.7 Å². The first-order chi connectivity index (χ1) is 8.69. The Balaban J connectivity index is 2.32. The molecule has 0 spiro atoms. The van der Waals surface area contributed by atoms with Crippen molar-refractivity contribution in [3.05, 3.63) is 0 Å². The molecule has 112 valence electrons. The van der Waals surface area contributed by atoms with E-state index in [1.807, 2.05) is 0 Å². The zero-order chi connectivity index (χ0) is 14.6. The quantitative estimate of drug-likeness (QED) is 0.835. The van der Waals surface area contributed by atoms with Gasteiger partial charge in [-0.25, -0.2) is 13.6 Å². The van der Waals surface area contributed by atoms with Crippen LogP contribution in [-0.2, 0) is 4.74 Å². The monoisotopic (exact) mass is 279 g/mol. The van der Waals surface area contributed by atoms with E-state index in [9.17, 15) is 18.7 Å². The normalized spacial score (nSPS) is 26.1. The highest BCUT2D eigenvalue weighted by molar-refractivity contribution is 5.68. The average Bonchev–Trinajstić information content (AvgIpc) is 2.26. The summed E-state index contributed by atoms with van der Waals surface area (Å²) in [6.45, 7) is 5.34. The summed E-state index contributed by atoms with van der Waals surface area (Å²) in [6, 6.07) is -0.0593. The van der Waals surface area contributed by atoms with Crippen LogP contribution in [-0.4, -0.2) is 35.4 Å². The van der Waals surface area contributed by atoms with E-state index in [-0.39, 0.29) is 12.0 Å². The second-order valence-corrected chi connectivity index (χ2v) is 6.08. The molecule has 1 rings (SSSR count). The Morgan fingerprint density at radius 3 is 2.21 bits per heavy atom. The number of hydrogen-bond acceptors (Lipinski definition) is 3. The average molecular weight is 279 g/mol. The maximum absolute atomic E-state index is 12.4. The van der Waals surface area contributed by atoms with Gasteiger partial charge in [-0.1, -0.05) is 0 Å². The van der Waals surface area contributed by atoms with Crippen LogP contribution in [0.2, 0.25) is 0 Å². The molecule has 6 heteroatoms. The van der Waals surface area contributed by atoms with Gasteiger partial charge >= 0.3 is 6.09 Å². The first kappa shape index (κ1) is 16.1. The minimum Gasteiger partial charge on any atom is -0.444 e. The third kappa shape index (κ3) is 5.72. The number of rotatable bonds is 3. The largest absolute Gasteiger partial charge is 0.444 e. The van der Waals surface area contributed by atoms with Crippen LogP contribution in [0.5, 0.6) is 0 Å². The molecule has 0 radical (unpaired) electrons. The summed E-state index contributed by atoms with van der Waals surface area (Å²) in [4.78, 5) is 11.5. The topological polar surface area (TPSA) is 58.6 Å². The first-order valence-corrected chi connectivity index (χ1v) is 6.65. The van der Waals surface area contributed by atoms with Gasteiger partial charge in [0, 0.05) is 6.04 Å². The Morgan fingerprint density at radius 1 is 1.26 bits per heavy atom. The number of halogens is 2. The van der Waals surface area contributed by atoms with Gasteiger partial charge in [0.25, 0.3) is 6.43 Å². The van der Waals surface area contributed by atoms with Crippen LogP contribution in [0.25, 0.3) is 0 Å². The molecule has 2 N–H and O–H groups in total. The number of carbonyl (C=O) groups excluding carboxylic acids is 1. The number of alkyl halides is 2. The third-order valence-corrected chi connectivity index (χ3v) is 3.23. The van der Waals surface area contributed by atoms with E-state index < -0.39 is 24.2 Å². The zero-order valence-electron chi connectivity index (χ0n) is 11.7. The molecular formula is C13H23F2NO3. The Labute approximate surface area is 112 Å². The summed E-state index contributed by atoms with van der Waals surface area (Å²) in [5.41, 5.74) is -0.548. The Hall–Kier alpha value is -0.910. The van der Waals surface area contributed by atoms with Gasteiger partial charge in [0.15, 0.2) is 0 Å². The van der Waals surface area contributed by atoms with Gasteiger partial charge in [-0.3, -0.25) is 0 Å². The molecule has 0 aromatic carbocycles. The molecule has 1 aliphatic carbocycles. The highest BCUT2D eigenvalue weighted by atomic mass is 19.3. The molecule has 1 unspecified atom stereocenters. The summed E-state index contributed by atoms with van der Waals surface area (Å²) in [7, 11) is 0. The molecular weight excluding hydrogens is 256 g/mol. The fraction of sp³-hybridized carbons (Fsp3) is 0.923. The van der Waals surface area contributed by atoms with E-state index >= 15 is 0 Å². The van der Waals surface area contributed by atoms with Crippen molar-refractivity contribution in [3.8, 4) is 0 Å². The molecule has 0 aromatic rings. The van der Waals surface area contributed by atoms with Crippen LogP contribution < -0.4 is 5.32 Å². The van der Waals surface area contributed by atoms with Gasteiger partial charge < -0.3 is 15.2 Å². The van der Waals surface area contributed by atoms with Crippen LogP contribution in [0, 0.1) is 5.92 Å². The Kier molecular flexibility index (Phi) is 5.52. The maximum atomic E-state index is 12.4. The zero-order valence-corrected chi connectivity index (χ0v) is 11.7. The molecule has 0 aromatic heterocycles. The van der Waals surface area contributed by atoms with E-state index in [4.69, 9.17) is 4.74 Å². The minimum absolute atomic E-state index is 0.0593. The highest BCUT2D eigenvalue weighted by Gasteiger charge is 2.32. The molecule has 1 amide bonds. The lowest BCUT2D eigenvalue weighted by Gasteiger charge is -2.32. The molecule has 1 atom stereocenters. The van der Waals surface area contributed by atoms with Crippen LogP contribution in [0.1, 0.15) is 46.5 Å². The predicted octanol–water partition coefficient (Wildman–Crippen LogP) is 2.70. The van der Waals surface area contributed by atoms with Gasteiger partial charge in [0.2, 0.25) is 0 Å². The maximum Gasteiger partial charge on any atom is 0.407 e. The molecule has 0 aliphatic heterocycles. The Morgan fingerprint density at radius 2 is 1.79 bits per heavy atom. The molecule has 19 heavy (non-hydrogen) atoms. The summed E-state index contributed by atoms with van der Waals surface area (Å²) in [6.07, 6.45) is -2.56. The third-order valence-electron chi connectivity index (χ3n) is 3.23. The molecule has 0 heterocycles. The summed E-state index contributed by atoms with van der Waals surface area (Å²) >= 11 is 0. The Bertz CT molecular complexity index is 297. The van der Waals surface area contributed by atoms with Crippen LogP contribution >= 0.6 is 0 Å². The van der Waals surface area contributed by atoms with Crippen molar-refractivity contribution in [3.63, 3.8) is 0 Å². The summed E-state index contributed by atoms with van der Waals surface area (Å²) in [5, 5.41) is 12.0. The second-order valence-electron chi connectivity index (χ2n) is 6.08.